The highest BCUT2D eigenvalue weighted by Crippen LogP contribution is 2.30. The van der Waals surface area contributed by atoms with Crippen LogP contribution in [0.15, 0.2) is 18.2 Å². The minimum atomic E-state index is -0.928. The Bertz CT molecular complexity index is 385. The largest absolute Gasteiger partial charge is 0.322 e. The van der Waals surface area contributed by atoms with E-state index in [1.807, 2.05) is 6.92 Å². The fourth-order valence-electron chi connectivity index (χ4n) is 1.03. The number of para-hydroxylation sites is 1. The van der Waals surface area contributed by atoms with Gasteiger partial charge in [-0.25, -0.2) is 0 Å². The number of carbonyl (C=O) groups excluding carboxylic acids is 1. The maximum Gasteiger partial charge on any atom is 0.244 e. The number of rotatable bonds is 3. The molecule has 0 aliphatic carbocycles. The van der Waals surface area contributed by atoms with Crippen LogP contribution in [-0.2, 0) is 4.79 Å². The average molecular weight is 261 g/mol. The van der Waals surface area contributed by atoms with E-state index in [-0.39, 0.29) is 5.91 Å². The molecule has 0 aliphatic heterocycles. The maximum atomic E-state index is 11.8. The van der Waals surface area contributed by atoms with Crippen LogP contribution in [0.5, 0.6) is 0 Å². The van der Waals surface area contributed by atoms with Crippen molar-refractivity contribution in [2.24, 2.45) is 5.73 Å². The van der Waals surface area contributed by atoms with E-state index in [4.69, 9.17) is 28.9 Å². The Kier molecular flexibility index (Phi) is 4.19. The predicted octanol–water partition coefficient (Wildman–Crippen LogP) is 3.06. The number of nitrogens with two attached hydrogens (primary N) is 1. The Hall–Kier alpha value is -0.770. The first-order valence-corrected chi connectivity index (χ1v) is 5.68. The molecule has 5 heteroatoms. The molecule has 0 spiro atoms. The smallest absolute Gasteiger partial charge is 0.244 e. The third kappa shape index (κ3) is 2.88. The second-order valence-electron chi connectivity index (χ2n) is 3.82. The van der Waals surface area contributed by atoms with Gasteiger partial charge in [0.15, 0.2) is 0 Å². The lowest BCUT2D eigenvalue weighted by molar-refractivity contribution is -0.120. The van der Waals surface area contributed by atoms with Gasteiger partial charge in [0.25, 0.3) is 0 Å². The third-order valence-electron chi connectivity index (χ3n) is 2.45. The van der Waals surface area contributed by atoms with Crippen molar-refractivity contribution in [2.75, 3.05) is 5.32 Å². The first-order chi connectivity index (χ1) is 7.38. The Balaban J connectivity index is 2.94. The van der Waals surface area contributed by atoms with E-state index in [1.54, 1.807) is 25.1 Å². The molecule has 0 bridgehead atoms. The summed E-state index contributed by atoms with van der Waals surface area (Å²) in [6.45, 7) is 3.50. The lowest BCUT2D eigenvalue weighted by Gasteiger charge is -2.22. The molecule has 16 heavy (non-hydrogen) atoms. The fourth-order valence-corrected chi connectivity index (χ4v) is 1.53. The number of carbonyl (C=O) groups is 1. The van der Waals surface area contributed by atoms with Gasteiger partial charge in [0.2, 0.25) is 5.91 Å². The Morgan fingerprint density at radius 1 is 1.44 bits per heavy atom. The quantitative estimate of drug-likeness (QED) is 0.878. The van der Waals surface area contributed by atoms with Gasteiger partial charge in [-0.2, -0.15) is 0 Å². The first kappa shape index (κ1) is 13.3. The first-order valence-electron chi connectivity index (χ1n) is 4.93. The van der Waals surface area contributed by atoms with Crippen molar-refractivity contribution >= 4 is 34.8 Å². The Labute approximate surface area is 105 Å². The lowest BCUT2D eigenvalue weighted by Crippen LogP contribution is -2.47. The predicted molar refractivity (Wildman–Crippen MR) is 68.0 cm³/mol. The monoisotopic (exact) mass is 260 g/mol. The summed E-state index contributed by atoms with van der Waals surface area (Å²) in [5.41, 5.74) is 5.28. The van der Waals surface area contributed by atoms with Crippen molar-refractivity contribution in [3.8, 4) is 0 Å². The number of anilines is 1. The zero-order chi connectivity index (χ0) is 12.3. The standard InChI is InChI=1S/C11H14Cl2N2O/c1-3-11(2,14)10(16)15-9-7(12)5-4-6-8(9)13/h4-6H,3,14H2,1-2H3,(H,15,16). The summed E-state index contributed by atoms with van der Waals surface area (Å²) >= 11 is 11.9. The molecule has 0 saturated carbocycles. The Morgan fingerprint density at radius 3 is 2.38 bits per heavy atom. The molecule has 3 nitrogen and oxygen atoms in total. The molecule has 1 amide bonds. The lowest BCUT2D eigenvalue weighted by atomic mass is 9.99. The van der Waals surface area contributed by atoms with Crippen LogP contribution in [0.4, 0.5) is 5.69 Å². The average Bonchev–Trinajstić information content (AvgIpc) is 2.23. The van der Waals surface area contributed by atoms with Gasteiger partial charge in [-0.05, 0) is 25.5 Å². The molecular formula is C11H14Cl2N2O. The number of amides is 1. The van der Waals surface area contributed by atoms with Crippen LogP contribution in [-0.4, -0.2) is 11.4 Å². The zero-order valence-electron chi connectivity index (χ0n) is 9.18. The molecular weight excluding hydrogens is 247 g/mol. The normalized spacial score (nSPS) is 14.3. The van der Waals surface area contributed by atoms with Crippen LogP contribution in [0.1, 0.15) is 20.3 Å². The van der Waals surface area contributed by atoms with E-state index in [0.717, 1.165) is 0 Å². The summed E-state index contributed by atoms with van der Waals surface area (Å²) < 4.78 is 0. The summed E-state index contributed by atoms with van der Waals surface area (Å²) in [7, 11) is 0. The third-order valence-corrected chi connectivity index (χ3v) is 3.08. The topological polar surface area (TPSA) is 55.1 Å². The van der Waals surface area contributed by atoms with E-state index < -0.39 is 5.54 Å². The molecule has 1 aromatic carbocycles. The molecule has 0 fully saturated rings. The Morgan fingerprint density at radius 2 is 1.94 bits per heavy atom. The van der Waals surface area contributed by atoms with Crippen LogP contribution in [0.25, 0.3) is 0 Å². The number of hydrogen-bond donors (Lipinski definition) is 2. The van der Waals surface area contributed by atoms with Crippen LogP contribution in [0, 0.1) is 0 Å². The number of nitrogens with one attached hydrogen (secondary N) is 1. The summed E-state index contributed by atoms with van der Waals surface area (Å²) in [6, 6.07) is 5.02. The molecule has 1 rings (SSSR count). The van der Waals surface area contributed by atoms with Gasteiger partial charge in [0, 0.05) is 0 Å². The molecule has 0 radical (unpaired) electrons. The van der Waals surface area contributed by atoms with Crippen LogP contribution < -0.4 is 11.1 Å². The van der Waals surface area contributed by atoms with Crippen molar-refractivity contribution in [2.45, 2.75) is 25.8 Å². The van der Waals surface area contributed by atoms with E-state index in [1.165, 1.54) is 0 Å². The van der Waals surface area contributed by atoms with Crippen molar-refractivity contribution in [3.05, 3.63) is 28.2 Å². The molecule has 1 aromatic rings. The van der Waals surface area contributed by atoms with Gasteiger partial charge >= 0.3 is 0 Å². The van der Waals surface area contributed by atoms with Gasteiger partial charge in [0.05, 0.1) is 21.3 Å². The molecule has 0 aromatic heterocycles. The highest BCUT2D eigenvalue weighted by molar-refractivity contribution is 6.39. The zero-order valence-corrected chi connectivity index (χ0v) is 10.7. The molecule has 0 aliphatic rings. The molecule has 1 unspecified atom stereocenters. The highest BCUT2D eigenvalue weighted by Gasteiger charge is 2.26. The van der Waals surface area contributed by atoms with Gasteiger partial charge in [-0.15, -0.1) is 0 Å². The highest BCUT2D eigenvalue weighted by atomic mass is 35.5. The van der Waals surface area contributed by atoms with Crippen molar-refractivity contribution < 1.29 is 4.79 Å². The van der Waals surface area contributed by atoms with Crippen LogP contribution >= 0.6 is 23.2 Å². The molecule has 0 saturated heterocycles. The van der Waals surface area contributed by atoms with Gasteiger partial charge in [-0.1, -0.05) is 36.2 Å². The summed E-state index contributed by atoms with van der Waals surface area (Å²) in [6.07, 6.45) is 0.529. The van der Waals surface area contributed by atoms with E-state index in [9.17, 15) is 4.79 Å². The minimum absolute atomic E-state index is 0.301. The second-order valence-corrected chi connectivity index (χ2v) is 4.64. The maximum absolute atomic E-state index is 11.8. The fraction of sp³-hybridized carbons (Fsp3) is 0.364. The van der Waals surface area contributed by atoms with Crippen LogP contribution in [0.3, 0.4) is 0 Å². The number of hydrogen-bond acceptors (Lipinski definition) is 2. The SMILES string of the molecule is CCC(C)(N)C(=O)Nc1c(Cl)cccc1Cl. The van der Waals surface area contributed by atoms with Crippen molar-refractivity contribution in [3.63, 3.8) is 0 Å². The minimum Gasteiger partial charge on any atom is -0.322 e. The van der Waals surface area contributed by atoms with Crippen molar-refractivity contribution in [1.82, 2.24) is 0 Å². The summed E-state index contributed by atoms with van der Waals surface area (Å²) in [5.74, 6) is -0.301. The summed E-state index contributed by atoms with van der Waals surface area (Å²) in [5, 5.41) is 3.43. The molecule has 0 heterocycles. The van der Waals surface area contributed by atoms with E-state index in [2.05, 4.69) is 5.32 Å². The summed E-state index contributed by atoms with van der Waals surface area (Å²) in [4.78, 5) is 11.8. The number of halogens is 2. The van der Waals surface area contributed by atoms with E-state index >= 15 is 0 Å². The number of benzene rings is 1. The molecule has 3 N–H and O–H groups in total. The molecule has 1 atom stereocenters. The molecule has 88 valence electrons. The van der Waals surface area contributed by atoms with Crippen molar-refractivity contribution in [1.29, 1.82) is 0 Å². The van der Waals surface area contributed by atoms with Gasteiger partial charge in [0.1, 0.15) is 0 Å². The van der Waals surface area contributed by atoms with Gasteiger partial charge < -0.3 is 11.1 Å². The van der Waals surface area contributed by atoms with E-state index in [0.29, 0.717) is 22.2 Å². The van der Waals surface area contributed by atoms with Crippen LogP contribution in [0.2, 0.25) is 10.0 Å². The van der Waals surface area contributed by atoms with Gasteiger partial charge in [-0.3, -0.25) is 4.79 Å². The second kappa shape index (κ2) is 5.04.